The largest absolute Gasteiger partial charge is 0.378 e. The summed E-state index contributed by atoms with van der Waals surface area (Å²) in [6.45, 7) is 0. The molecule has 1 atom stereocenters. The number of hydrogen-bond acceptors (Lipinski definition) is 6. The van der Waals surface area contributed by atoms with Crippen molar-refractivity contribution in [3.63, 3.8) is 0 Å². The van der Waals surface area contributed by atoms with Crippen LogP contribution >= 0.6 is 27.7 Å². The molecule has 1 unspecified atom stereocenters. The predicted molar refractivity (Wildman–Crippen MR) is 179 cm³/mol. The number of nitrogens with zero attached hydrogens (tertiary/aromatic N) is 2. The predicted octanol–water partition coefficient (Wildman–Crippen LogP) is 6.35. The van der Waals surface area contributed by atoms with Crippen molar-refractivity contribution in [1.29, 1.82) is 0 Å². The molecular weight excluding hydrogens is 640 g/mol. The average molecular weight is 670 g/mol. The van der Waals surface area contributed by atoms with Gasteiger partial charge in [0.05, 0.1) is 10.9 Å². The van der Waals surface area contributed by atoms with E-state index in [0.717, 1.165) is 20.6 Å². The Morgan fingerprint density at radius 2 is 1.55 bits per heavy atom. The number of carbonyl (C=O) groups is 4. The molecule has 0 aliphatic carbocycles. The number of rotatable bonds is 9. The van der Waals surface area contributed by atoms with Gasteiger partial charge in [0.25, 0.3) is 11.8 Å². The summed E-state index contributed by atoms with van der Waals surface area (Å²) in [6.07, 6.45) is 1.72. The normalized spacial score (nSPS) is 14.8. The summed E-state index contributed by atoms with van der Waals surface area (Å²) in [5, 5.41) is 5.05. The van der Waals surface area contributed by atoms with E-state index in [4.69, 9.17) is 0 Å². The van der Waals surface area contributed by atoms with Crippen LogP contribution in [0.2, 0.25) is 0 Å². The van der Waals surface area contributed by atoms with Crippen LogP contribution in [0.3, 0.4) is 0 Å². The van der Waals surface area contributed by atoms with E-state index in [1.165, 1.54) is 16.7 Å². The van der Waals surface area contributed by atoms with Gasteiger partial charge in [0.1, 0.15) is 5.70 Å². The van der Waals surface area contributed by atoms with Gasteiger partial charge in [-0.25, -0.2) is 4.90 Å². The number of carbonyl (C=O) groups excluding carboxylic acids is 4. The van der Waals surface area contributed by atoms with Crippen molar-refractivity contribution >= 4 is 74.5 Å². The van der Waals surface area contributed by atoms with Gasteiger partial charge >= 0.3 is 0 Å². The molecule has 4 aromatic rings. The quantitative estimate of drug-likeness (QED) is 0.159. The molecule has 5 rings (SSSR count). The molecule has 4 amide bonds. The third-order valence-electron chi connectivity index (χ3n) is 6.83. The highest BCUT2D eigenvalue weighted by molar-refractivity contribution is 9.10. The van der Waals surface area contributed by atoms with Crippen molar-refractivity contribution in [1.82, 2.24) is 5.32 Å². The van der Waals surface area contributed by atoms with Gasteiger partial charge in [-0.1, -0.05) is 46.3 Å². The summed E-state index contributed by atoms with van der Waals surface area (Å²) < 4.78 is 0.860. The average Bonchev–Trinajstić information content (AvgIpc) is 3.30. The van der Waals surface area contributed by atoms with Crippen LogP contribution in [0.5, 0.6) is 0 Å². The summed E-state index contributed by atoms with van der Waals surface area (Å²) in [5.74, 6) is -1.40. The number of nitrogens with one attached hydrogen (secondary N) is 2. The molecule has 1 aliphatic heterocycles. The Hall–Kier alpha value is -4.67. The lowest BCUT2D eigenvalue weighted by molar-refractivity contribution is -0.121. The summed E-state index contributed by atoms with van der Waals surface area (Å²) >= 11 is 4.67. The van der Waals surface area contributed by atoms with Crippen LogP contribution in [0.25, 0.3) is 6.08 Å². The van der Waals surface area contributed by atoms with E-state index < -0.39 is 17.1 Å². The molecule has 222 valence electrons. The van der Waals surface area contributed by atoms with Crippen LogP contribution in [-0.2, 0) is 14.4 Å². The second kappa shape index (κ2) is 13.7. The standard InChI is InChI=1S/C34H29BrN4O4S/c1-38(2)26-14-8-22(9-15-26)20-29(37-32(41)23-6-4-3-5-7-23)33(42)36-25-12-18-28(19-13-25)44-30-21-31(40)39(34(30)43)27-16-10-24(35)11-17-27/h3-20,30H,21H2,1-2H3,(H,36,42)(H,37,41)/b29-20-. The van der Waals surface area contributed by atoms with E-state index in [-0.39, 0.29) is 23.9 Å². The van der Waals surface area contributed by atoms with Crippen molar-refractivity contribution in [2.45, 2.75) is 16.6 Å². The second-order valence-corrected chi connectivity index (χ2v) is 12.4. The van der Waals surface area contributed by atoms with E-state index in [0.29, 0.717) is 16.9 Å². The number of hydrogen-bond donors (Lipinski definition) is 2. The van der Waals surface area contributed by atoms with Crippen LogP contribution in [0.15, 0.2) is 118 Å². The van der Waals surface area contributed by atoms with Crippen molar-refractivity contribution in [3.8, 4) is 0 Å². The first-order valence-corrected chi connectivity index (χ1v) is 15.4. The first-order valence-electron chi connectivity index (χ1n) is 13.7. The van der Waals surface area contributed by atoms with Crippen LogP contribution in [-0.4, -0.2) is 43.0 Å². The van der Waals surface area contributed by atoms with E-state index in [1.807, 2.05) is 49.3 Å². The van der Waals surface area contributed by atoms with Gasteiger partial charge in [-0.15, -0.1) is 11.8 Å². The van der Waals surface area contributed by atoms with Gasteiger partial charge < -0.3 is 15.5 Å². The Balaban J connectivity index is 1.28. The fourth-order valence-electron chi connectivity index (χ4n) is 4.51. The highest BCUT2D eigenvalue weighted by Crippen LogP contribution is 2.34. The molecular formula is C34H29BrN4O4S. The lowest BCUT2D eigenvalue weighted by Crippen LogP contribution is -2.31. The maximum Gasteiger partial charge on any atom is 0.272 e. The van der Waals surface area contributed by atoms with Gasteiger partial charge in [0, 0.05) is 46.8 Å². The zero-order valence-electron chi connectivity index (χ0n) is 24.0. The first kappa shape index (κ1) is 30.8. The van der Waals surface area contributed by atoms with Crippen LogP contribution in [0.4, 0.5) is 17.1 Å². The van der Waals surface area contributed by atoms with Crippen molar-refractivity contribution in [3.05, 3.63) is 124 Å². The number of thioether (sulfide) groups is 1. The smallest absolute Gasteiger partial charge is 0.272 e. The Morgan fingerprint density at radius 1 is 0.886 bits per heavy atom. The summed E-state index contributed by atoms with van der Waals surface area (Å²) in [5.41, 5.74) is 3.30. The summed E-state index contributed by atoms with van der Waals surface area (Å²) in [6, 6.07) is 30.3. The minimum absolute atomic E-state index is 0.0815. The molecule has 2 N–H and O–H groups in total. The number of imide groups is 1. The number of amides is 4. The van der Waals surface area contributed by atoms with E-state index >= 15 is 0 Å². The molecule has 10 heteroatoms. The van der Waals surface area contributed by atoms with Crippen LogP contribution in [0, 0.1) is 0 Å². The van der Waals surface area contributed by atoms with Crippen molar-refractivity contribution in [2.75, 3.05) is 29.2 Å². The van der Waals surface area contributed by atoms with E-state index in [9.17, 15) is 19.2 Å². The molecule has 4 aromatic carbocycles. The lowest BCUT2D eigenvalue weighted by atomic mass is 10.1. The van der Waals surface area contributed by atoms with Crippen molar-refractivity contribution < 1.29 is 19.2 Å². The lowest BCUT2D eigenvalue weighted by Gasteiger charge is -2.15. The van der Waals surface area contributed by atoms with Gasteiger partial charge in [-0.3, -0.25) is 19.2 Å². The van der Waals surface area contributed by atoms with Gasteiger partial charge in [0.15, 0.2) is 0 Å². The fraction of sp³-hybridized carbons (Fsp3) is 0.118. The molecule has 44 heavy (non-hydrogen) atoms. The maximum atomic E-state index is 13.4. The molecule has 1 aliphatic rings. The van der Waals surface area contributed by atoms with Crippen LogP contribution < -0.4 is 20.4 Å². The number of anilines is 3. The molecule has 0 spiro atoms. The Labute approximate surface area is 268 Å². The van der Waals surface area contributed by atoms with Crippen molar-refractivity contribution in [2.24, 2.45) is 0 Å². The zero-order valence-corrected chi connectivity index (χ0v) is 26.4. The van der Waals surface area contributed by atoms with Gasteiger partial charge in [0.2, 0.25) is 11.8 Å². The molecule has 0 aromatic heterocycles. The number of benzene rings is 4. The molecule has 8 nitrogen and oxygen atoms in total. The highest BCUT2D eigenvalue weighted by atomic mass is 79.9. The molecule has 1 heterocycles. The SMILES string of the molecule is CN(C)c1ccc(/C=C(\NC(=O)c2ccccc2)C(=O)Nc2ccc(SC3CC(=O)N(c4ccc(Br)cc4)C3=O)cc2)cc1. The molecule has 1 saturated heterocycles. The van der Waals surface area contributed by atoms with Gasteiger partial charge in [-0.05, 0) is 84.4 Å². The number of halogens is 1. The van der Waals surface area contributed by atoms with Gasteiger partial charge in [-0.2, -0.15) is 0 Å². The second-order valence-electron chi connectivity index (χ2n) is 10.2. The summed E-state index contributed by atoms with van der Waals surface area (Å²) in [7, 11) is 3.88. The minimum atomic E-state index is -0.548. The van der Waals surface area contributed by atoms with E-state index in [1.54, 1.807) is 78.9 Å². The molecule has 1 fully saturated rings. The Kier molecular flexibility index (Phi) is 9.62. The third kappa shape index (κ3) is 7.45. The maximum absolute atomic E-state index is 13.4. The molecule has 0 saturated carbocycles. The molecule has 0 radical (unpaired) electrons. The first-order chi connectivity index (χ1) is 21.2. The summed E-state index contributed by atoms with van der Waals surface area (Å²) in [4.78, 5) is 56.0. The minimum Gasteiger partial charge on any atom is -0.378 e. The Morgan fingerprint density at radius 3 is 2.18 bits per heavy atom. The third-order valence-corrected chi connectivity index (χ3v) is 8.56. The Bertz CT molecular complexity index is 1710. The highest BCUT2D eigenvalue weighted by Gasteiger charge is 2.40. The molecule has 0 bridgehead atoms. The fourth-order valence-corrected chi connectivity index (χ4v) is 5.83. The van der Waals surface area contributed by atoms with E-state index in [2.05, 4.69) is 26.6 Å². The zero-order chi connectivity index (χ0) is 31.2. The van der Waals surface area contributed by atoms with Crippen LogP contribution in [0.1, 0.15) is 22.3 Å². The topological polar surface area (TPSA) is 98.8 Å². The monoisotopic (exact) mass is 668 g/mol.